The minimum atomic E-state index is -0.308. The van der Waals surface area contributed by atoms with Gasteiger partial charge in [-0.3, -0.25) is 14.5 Å². The highest BCUT2D eigenvalue weighted by Gasteiger charge is 2.31. The van der Waals surface area contributed by atoms with Crippen LogP contribution in [0.3, 0.4) is 0 Å². The summed E-state index contributed by atoms with van der Waals surface area (Å²) in [6, 6.07) is 10.6. The maximum Gasteiger partial charge on any atom is 0.231 e. The summed E-state index contributed by atoms with van der Waals surface area (Å²) >= 11 is 0. The van der Waals surface area contributed by atoms with Gasteiger partial charge in [-0.05, 0) is 56.6 Å². The summed E-state index contributed by atoms with van der Waals surface area (Å²) in [4.78, 5) is 28.1. The second-order valence-corrected chi connectivity index (χ2v) is 7.83. The van der Waals surface area contributed by atoms with Crippen molar-refractivity contribution < 1.29 is 9.59 Å². The van der Waals surface area contributed by atoms with Crippen LogP contribution in [0.5, 0.6) is 0 Å². The fourth-order valence-electron chi connectivity index (χ4n) is 4.34. The molecule has 0 aliphatic carbocycles. The van der Waals surface area contributed by atoms with Crippen molar-refractivity contribution in [3.05, 3.63) is 35.9 Å². The molecule has 1 atom stereocenters. The molecular weight excluding hydrogens is 326 g/mol. The molecule has 142 valence electrons. The molecule has 2 aliphatic rings. The van der Waals surface area contributed by atoms with Gasteiger partial charge < -0.3 is 10.6 Å². The average molecular weight is 357 g/mol. The first-order chi connectivity index (χ1) is 12.6. The molecule has 5 heteroatoms. The van der Waals surface area contributed by atoms with Crippen LogP contribution < -0.4 is 5.73 Å². The van der Waals surface area contributed by atoms with Crippen molar-refractivity contribution in [2.24, 2.45) is 17.6 Å². The van der Waals surface area contributed by atoms with Gasteiger partial charge in [-0.15, -0.1) is 0 Å². The molecule has 26 heavy (non-hydrogen) atoms. The van der Waals surface area contributed by atoms with Gasteiger partial charge >= 0.3 is 0 Å². The predicted octanol–water partition coefficient (Wildman–Crippen LogP) is 2.06. The van der Waals surface area contributed by atoms with E-state index in [9.17, 15) is 9.59 Å². The summed E-state index contributed by atoms with van der Waals surface area (Å²) in [6.45, 7) is 3.57. The molecule has 3 rings (SSSR count). The number of piperidine rings is 2. The van der Waals surface area contributed by atoms with E-state index in [1.54, 1.807) is 0 Å². The number of nitrogens with zero attached hydrogens (tertiary/aromatic N) is 2. The Balaban J connectivity index is 1.42. The highest BCUT2D eigenvalue weighted by atomic mass is 16.2. The second kappa shape index (κ2) is 9.17. The fourth-order valence-corrected chi connectivity index (χ4v) is 4.34. The van der Waals surface area contributed by atoms with Gasteiger partial charge in [-0.2, -0.15) is 0 Å². The first-order valence-corrected chi connectivity index (χ1v) is 9.95. The lowest BCUT2D eigenvalue weighted by Crippen LogP contribution is -2.48. The number of rotatable bonds is 6. The molecule has 2 aliphatic heterocycles. The molecule has 2 saturated heterocycles. The van der Waals surface area contributed by atoms with Crippen molar-refractivity contribution in [3.8, 4) is 0 Å². The van der Waals surface area contributed by atoms with Crippen molar-refractivity contribution >= 4 is 11.8 Å². The summed E-state index contributed by atoms with van der Waals surface area (Å²) in [5.41, 5.74) is 6.70. The van der Waals surface area contributed by atoms with E-state index in [2.05, 4.69) is 35.2 Å². The number of nitrogens with two attached hydrogens (primary N) is 1. The molecule has 2 fully saturated rings. The second-order valence-electron chi connectivity index (χ2n) is 7.83. The van der Waals surface area contributed by atoms with Crippen LogP contribution >= 0.6 is 0 Å². The van der Waals surface area contributed by atoms with Gasteiger partial charge in [0.2, 0.25) is 11.8 Å². The highest BCUT2D eigenvalue weighted by Crippen LogP contribution is 2.25. The first kappa shape index (κ1) is 18.9. The molecule has 2 N–H and O–H groups in total. The zero-order chi connectivity index (χ0) is 18.4. The Labute approximate surface area is 156 Å². The Morgan fingerprint density at radius 2 is 1.77 bits per heavy atom. The van der Waals surface area contributed by atoms with Crippen molar-refractivity contribution in [2.45, 2.75) is 38.5 Å². The Kier molecular flexibility index (Phi) is 6.67. The van der Waals surface area contributed by atoms with E-state index >= 15 is 0 Å². The van der Waals surface area contributed by atoms with E-state index in [1.807, 2.05) is 4.90 Å². The number of primary amides is 1. The number of carbonyl (C=O) groups is 2. The summed E-state index contributed by atoms with van der Waals surface area (Å²) in [5.74, 6) is 0.721. The van der Waals surface area contributed by atoms with Crippen molar-refractivity contribution in [1.29, 1.82) is 0 Å². The topological polar surface area (TPSA) is 66.6 Å². The van der Waals surface area contributed by atoms with Crippen LogP contribution in [0.2, 0.25) is 0 Å². The average Bonchev–Trinajstić information content (AvgIpc) is 2.67. The molecule has 1 aromatic rings. The SMILES string of the molecule is NC(=O)CN1CCC[C@H](C(=O)N2CCC(CCc3ccccc3)CC2)C1. The minimum Gasteiger partial charge on any atom is -0.369 e. The lowest BCUT2D eigenvalue weighted by molar-refractivity contribution is -0.139. The van der Waals surface area contributed by atoms with Crippen LogP contribution in [-0.4, -0.2) is 54.3 Å². The van der Waals surface area contributed by atoms with E-state index in [0.717, 1.165) is 57.7 Å². The maximum absolute atomic E-state index is 12.9. The van der Waals surface area contributed by atoms with E-state index in [0.29, 0.717) is 6.54 Å². The molecule has 0 unspecified atom stereocenters. The van der Waals surface area contributed by atoms with Crippen LogP contribution in [0.15, 0.2) is 30.3 Å². The van der Waals surface area contributed by atoms with Crippen LogP contribution in [0.1, 0.15) is 37.7 Å². The smallest absolute Gasteiger partial charge is 0.231 e. The Morgan fingerprint density at radius 3 is 2.46 bits per heavy atom. The number of carbonyl (C=O) groups excluding carboxylic acids is 2. The molecule has 0 saturated carbocycles. The number of amides is 2. The molecule has 0 bridgehead atoms. The van der Waals surface area contributed by atoms with Crippen LogP contribution in [-0.2, 0) is 16.0 Å². The van der Waals surface area contributed by atoms with E-state index in [-0.39, 0.29) is 24.3 Å². The lowest BCUT2D eigenvalue weighted by atomic mass is 9.89. The summed E-state index contributed by atoms with van der Waals surface area (Å²) in [7, 11) is 0. The zero-order valence-corrected chi connectivity index (χ0v) is 15.6. The number of likely N-dealkylation sites (tertiary alicyclic amines) is 2. The van der Waals surface area contributed by atoms with Gasteiger partial charge in [0.1, 0.15) is 0 Å². The Bertz CT molecular complexity index is 597. The van der Waals surface area contributed by atoms with Crippen molar-refractivity contribution in [3.63, 3.8) is 0 Å². The Hall–Kier alpha value is -1.88. The monoisotopic (exact) mass is 357 g/mol. The van der Waals surface area contributed by atoms with Crippen LogP contribution in [0.25, 0.3) is 0 Å². The molecule has 2 amide bonds. The fraction of sp³-hybridized carbons (Fsp3) is 0.619. The quantitative estimate of drug-likeness (QED) is 0.847. The lowest BCUT2D eigenvalue weighted by Gasteiger charge is -2.37. The zero-order valence-electron chi connectivity index (χ0n) is 15.6. The number of benzene rings is 1. The van der Waals surface area contributed by atoms with Gasteiger partial charge in [0.25, 0.3) is 0 Å². The molecule has 0 aromatic heterocycles. The van der Waals surface area contributed by atoms with Gasteiger partial charge in [-0.1, -0.05) is 30.3 Å². The predicted molar refractivity (Wildman–Crippen MR) is 102 cm³/mol. The minimum absolute atomic E-state index is 0.0315. The number of hydrogen-bond donors (Lipinski definition) is 1. The standard InChI is InChI=1S/C21H31N3O2/c22-20(25)16-23-12-4-7-19(15-23)21(26)24-13-10-18(11-14-24)9-8-17-5-2-1-3-6-17/h1-3,5-6,18-19H,4,7-16H2,(H2,22,25)/t19-/m0/s1. The van der Waals surface area contributed by atoms with Gasteiger partial charge in [0.05, 0.1) is 12.5 Å². The Morgan fingerprint density at radius 1 is 1.04 bits per heavy atom. The van der Waals surface area contributed by atoms with Crippen molar-refractivity contribution in [2.75, 3.05) is 32.7 Å². The van der Waals surface area contributed by atoms with Crippen molar-refractivity contribution in [1.82, 2.24) is 9.80 Å². The molecule has 2 heterocycles. The van der Waals surface area contributed by atoms with Gasteiger partial charge in [0.15, 0.2) is 0 Å². The first-order valence-electron chi connectivity index (χ1n) is 9.95. The van der Waals surface area contributed by atoms with Gasteiger partial charge in [0, 0.05) is 19.6 Å². The molecule has 1 aromatic carbocycles. The van der Waals surface area contributed by atoms with Crippen LogP contribution in [0.4, 0.5) is 0 Å². The summed E-state index contributed by atoms with van der Waals surface area (Å²) < 4.78 is 0. The molecular formula is C21H31N3O2. The number of aryl methyl sites for hydroxylation is 1. The normalized spacial score (nSPS) is 22.3. The third-order valence-electron chi connectivity index (χ3n) is 5.84. The van der Waals surface area contributed by atoms with Crippen LogP contribution in [0, 0.1) is 11.8 Å². The maximum atomic E-state index is 12.9. The van der Waals surface area contributed by atoms with Gasteiger partial charge in [-0.25, -0.2) is 0 Å². The van der Waals surface area contributed by atoms with E-state index in [4.69, 9.17) is 5.73 Å². The third-order valence-corrected chi connectivity index (χ3v) is 5.84. The van der Waals surface area contributed by atoms with E-state index in [1.165, 1.54) is 12.0 Å². The summed E-state index contributed by atoms with van der Waals surface area (Å²) in [5, 5.41) is 0. The largest absolute Gasteiger partial charge is 0.369 e. The highest BCUT2D eigenvalue weighted by molar-refractivity contribution is 5.79. The molecule has 0 spiro atoms. The van der Waals surface area contributed by atoms with E-state index < -0.39 is 0 Å². The molecule has 0 radical (unpaired) electrons. The number of hydrogen-bond acceptors (Lipinski definition) is 3. The third kappa shape index (κ3) is 5.31. The molecule has 5 nitrogen and oxygen atoms in total. The summed E-state index contributed by atoms with van der Waals surface area (Å²) in [6.07, 6.45) is 6.46.